The first-order valence-electron chi connectivity index (χ1n) is 6.62. The van der Waals surface area contributed by atoms with Crippen molar-refractivity contribution in [3.05, 3.63) is 35.4 Å². The molecule has 0 aliphatic heterocycles. The summed E-state index contributed by atoms with van der Waals surface area (Å²) in [5.41, 5.74) is 8.59. The van der Waals surface area contributed by atoms with Gasteiger partial charge in [0.2, 0.25) is 0 Å². The minimum Gasteiger partial charge on any atom is -0.382 e. The van der Waals surface area contributed by atoms with Crippen molar-refractivity contribution < 1.29 is 9.47 Å². The van der Waals surface area contributed by atoms with E-state index in [0.717, 1.165) is 12.0 Å². The highest BCUT2D eigenvalue weighted by Crippen LogP contribution is 2.13. The predicted molar refractivity (Wildman–Crippen MR) is 74.7 cm³/mol. The maximum atomic E-state index is 6.10. The first kappa shape index (κ1) is 15.2. The molecular weight excluding hydrogens is 226 g/mol. The zero-order valence-corrected chi connectivity index (χ0v) is 11.7. The quantitative estimate of drug-likeness (QED) is 0.772. The van der Waals surface area contributed by atoms with Gasteiger partial charge in [-0.15, -0.1) is 0 Å². The molecule has 0 aromatic heterocycles. The molecule has 2 atom stereocenters. The number of rotatable bonds is 8. The van der Waals surface area contributed by atoms with Crippen LogP contribution in [0.3, 0.4) is 0 Å². The van der Waals surface area contributed by atoms with Gasteiger partial charge in [0, 0.05) is 7.11 Å². The van der Waals surface area contributed by atoms with Crippen LogP contribution in [0.1, 0.15) is 37.4 Å². The molecule has 2 N–H and O–H groups in total. The summed E-state index contributed by atoms with van der Waals surface area (Å²) in [5, 5.41) is 0. The third-order valence-electron chi connectivity index (χ3n) is 2.91. The molecule has 0 aliphatic carbocycles. The molecule has 0 saturated carbocycles. The highest BCUT2D eigenvalue weighted by Gasteiger charge is 2.09. The van der Waals surface area contributed by atoms with Crippen LogP contribution >= 0.6 is 0 Å². The van der Waals surface area contributed by atoms with Gasteiger partial charge in [0.15, 0.2) is 0 Å². The summed E-state index contributed by atoms with van der Waals surface area (Å²) in [6.45, 7) is 5.30. The highest BCUT2D eigenvalue weighted by molar-refractivity contribution is 5.25. The van der Waals surface area contributed by atoms with Crippen LogP contribution in [0.15, 0.2) is 24.3 Å². The second-order valence-corrected chi connectivity index (χ2v) is 4.70. The molecule has 1 aromatic carbocycles. The third kappa shape index (κ3) is 5.17. The van der Waals surface area contributed by atoms with Gasteiger partial charge in [-0.25, -0.2) is 0 Å². The smallest absolute Gasteiger partial charge is 0.0781 e. The maximum Gasteiger partial charge on any atom is 0.0781 e. The van der Waals surface area contributed by atoms with E-state index in [9.17, 15) is 0 Å². The van der Waals surface area contributed by atoms with Gasteiger partial charge in [-0.2, -0.15) is 0 Å². The van der Waals surface area contributed by atoms with Crippen molar-refractivity contribution in [2.75, 3.05) is 20.3 Å². The fraction of sp³-hybridized carbons (Fsp3) is 0.600. The fourth-order valence-corrected chi connectivity index (χ4v) is 1.87. The molecule has 102 valence electrons. The van der Waals surface area contributed by atoms with Crippen LogP contribution in [0.4, 0.5) is 0 Å². The molecule has 0 heterocycles. The molecule has 0 amide bonds. The fourth-order valence-electron chi connectivity index (χ4n) is 1.87. The van der Waals surface area contributed by atoms with Crippen LogP contribution in [-0.2, 0) is 15.9 Å². The number of methoxy groups -OCH3 is 1. The van der Waals surface area contributed by atoms with Crippen LogP contribution in [0.25, 0.3) is 0 Å². The lowest BCUT2D eigenvalue weighted by molar-refractivity contribution is 0.00328. The van der Waals surface area contributed by atoms with Crippen molar-refractivity contribution in [3.8, 4) is 0 Å². The van der Waals surface area contributed by atoms with E-state index in [0.29, 0.717) is 13.2 Å². The van der Waals surface area contributed by atoms with E-state index in [1.807, 2.05) is 6.92 Å². The average Bonchev–Trinajstić information content (AvgIpc) is 2.37. The van der Waals surface area contributed by atoms with Crippen molar-refractivity contribution in [1.82, 2.24) is 0 Å². The van der Waals surface area contributed by atoms with Crippen molar-refractivity contribution in [2.24, 2.45) is 5.73 Å². The minimum atomic E-state index is -0.0695. The number of benzene rings is 1. The Hall–Kier alpha value is -0.900. The summed E-state index contributed by atoms with van der Waals surface area (Å²) in [6, 6.07) is 8.43. The van der Waals surface area contributed by atoms with Gasteiger partial charge in [0.25, 0.3) is 0 Å². The third-order valence-corrected chi connectivity index (χ3v) is 2.91. The first-order chi connectivity index (χ1) is 8.67. The van der Waals surface area contributed by atoms with Gasteiger partial charge in [-0.05, 0) is 24.5 Å². The Balaban J connectivity index is 2.43. The first-order valence-corrected chi connectivity index (χ1v) is 6.62. The zero-order valence-electron chi connectivity index (χ0n) is 11.7. The van der Waals surface area contributed by atoms with Crippen LogP contribution in [0.5, 0.6) is 0 Å². The Morgan fingerprint density at radius 1 is 1.17 bits per heavy atom. The summed E-state index contributed by atoms with van der Waals surface area (Å²) in [7, 11) is 1.67. The van der Waals surface area contributed by atoms with E-state index >= 15 is 0 Å². The van der Waals surface area contributed by atoms with E-state index in [2.05, 4.69) is 31.2 Å². The van der Waals surface area contributed by atoms with Gasteiger partial charge in [0.1, 0.15) is 0 Å². The number of hydrogen-bond donors (Lipinski definition) is 1. The van der Waals surface area contributed by atoms with Crippen molar-refractivity contribution in [1.29, 1.82) is 0 Å². The largest absolute Gasteiger partial charge is 0.382 e. The Morgan fingerprint density at radius 2 is 1.83 bits per heavy atom. The number of ether oxygens (including phenoxy) is 2. The Labute approximate surface area is 110 Å². The summed E-state index contributed by atoms with van der Waals surface area (Å²) in [5.74, 6) is 0. The van der Waals surface area contributed by atoms with E-state index in [1.54, 1.807) is 7.11 Å². The molecule has 3 nitrogen and oxygen atoms in total. The minimum absolute atomic E-state index is 0.0695. The highest BCUT2D eigenvalue weighted by atomic mass is 16.5. The number of hydrogen-bond acceptors (Lipinski definition) is 3. The van der Waals surface area contributed by atoms with Crippen LogP contribution in [-0.4, -0.2) is 26.4 Å². The van der Waals surface area contributed by atoms with Gasteiger partial charge >= 0.3 is 0 Å². The standard InChI is InChI=1S/C15H25NO2/c1-4-5-13-6-8-14(9-7-13)15(16)11-18-12(2)10-17-3/h6-9,12,15H,4-5,10-11,16H2,1-3H3. The number of nitrogens with two attached hydrogens (primary N) is 1. The lowest BCUT2D eigenvalue weighted by atomic mass is 10.0. The van der Waals surface area contributed by atoms with Crippen molar-refractivity contribution in [2.45, 2.75) is 38.8 Å². The zero-order chi connectivity index (χ0) is 13.4. The molecule has 2 unspecified atom stereocenters. The number of aryl methyl sites for hydroxylation is 1. The monoisotopic (exact) mass is 251 g/mol. The molecule has 0 aliphatic rings. The van der Waals surface area contributed by atoms with Gasteiger partial charge < -0.3 is 15.2 Å². The van der Waals surface area contributed by atoms with Crippen LogP contribution < -0.4 is 5.73 Å². The molecule has 1 aromatic rings. The molecule has 0 spiro atoms. The Bertz CT molecular complexity index is 324. The molecule has 0 bridgehead atoms. The second-order valence-electron chi connectivity index (χ2n) is 4.70. The molecule has 0 radical (unpaired) electrons. The van der Waals surface area contributed by atoms with E-state index in [1.165, 1.54) is 12.0 Å². The van der Waals surface area contributed by atoms with Crippen LogP contribution in [0.2, 0.25) is 0 Å². The second kappa shape index (κ2) is 8.25. The Morgan fingerprint density at radius 3 is 2.39 bits per heavy atom. The van der Waals surface area contributed by atoms with Gasteiger partial charge in [0.05, 0.1) is 25.4 Å². The lowest BCUT2D eigenvalue weighted by Gasteiger charge is -2.17. The van der Waals surface area contributed by atoms with Crippen molar-refractivity contribution >= 4 is 0 Å². The molecule has 0 fully saturated rings. The summed E-state index contributed by atoms with van der Waals surface area (Å²) >= 11 is 0. The van der Waals surface area contributed by atoms with E-state index in [4.69, 9.17) is 15.2 Å². The summed E-state index contributed by atoms with van der Waals surface area (Å²) in [4.78, 5) is 0. The van der Waals surface area contributed by atoms with Crippen molar-refractivity contribution in [3.63, 3.8) is 0 Å². The summed E-state index contributed by atoms with van der Waals surface area (Å²) < 4.78 is 10.6. The normalized spacial score (nSPS) is 14.4. The Kier molecular flexibility index (Phi) is 6.94. The van der Waals surface area contributed by atoms with E-state index in [-0.39, 0.29) is 12.1 Å². The molecule has 1 rings (SSSR count). The predicted octanol–water partition coefficient (Wildman–Crippen LogP) is 2.69. The molecule has 3 heteroatoms. The summed E-state index contributed by atoms with van der Waals surface area (Å²) in [6.07, 6.45) is 2.38. The molecular formula is C15H25NO2. The van der Waals surface area contributed by atoms with Crippen LogP contribution in [0, 0.1) is 0 Å². The van der Waals surface area contributed by atoms with Gasteiger partial charge in [-0.1, -0.05) is 37.6 Å². The topological polar surface area (TPSA) is 44.5 Å². The molecule has 18 heavy (non-hydrogen) atoms. The molecule has 0 saturated heterocycles. The lowest BCUT2D eigenvalue weighted by Crippen LogP contribution is -2.23. The van der Waals surface area contributed by atoms with Gasteiger partial charge in [-0.3, -0.25) is 0 Å². The SMILES string of the molecule is CCCc1ccc(C(N)COC(C)COC)cc1. The maximum absolute atomic E-state index is 6.10. The van der Waals surface area contributed by atoms with E-state index < -0.39 is 0 Å². The average molecular weight is 251 g/mol.